The van der Waals surface area contributed by atoms with Crippen molar-refractivity contribution in [3.63, 3.8) is 0 Å². The van der Waals surface area contributed by atoms with Crippen molar-refractivity contribution in [3.8, 4) is 0 Å². The summed E-state index contributed by atoms with van der Waals surface area (Å²) in [5.41, 5.74) is 2.83. The normalized spacial score (nSPS) is 15.7. The van der Waals surface area contributed by atoms with Crippen LogP contribution in [-0.2, 0) is 0 Å². The molecule has 1 heteroatoms. The van der Waals surface area contributed by atoms with Crippen molar-refractivity contribution in [2.45, 2.75) is 106 Å². The average molecular weight is 311 g/mol. The largest absolute Gasteiger partial charge is 0.393 e. The molecule has 0 aliphatic heterocycles. The van der Waals surface area contributed by atoms with E-state index in [9.17, 15) is 5.11 Å². The van der Waals surface area contributed by atoms with Gasteiger partial charge in [0, 0.05) is 0 Å². The zero-order chi connectivity index (χ0) is 17.1. The molecule has 0 aliphatic rings. The second-order valence-electron chi connectivity index (χ2n) is 8.22. The van der Waals surface area contributed by atoms with Crippen LogP contribution in [0, 0.1) is 17.8 Å². The minimum absolute atomic E-state index is 0.134. The quantitative estimate of drug-likeness (QED) is 0.395. The molecule has 132 valence electrons. The Morgan fingerprint density at radius 2 is 1.32 bits per heavy atom. The van der Waals surface area contributed by atoms with Crippen molar-refractivity contribution in [1.82, 2.24) is 0 Å². The van der Waals surface area contributed by atoms with Crippen molar-refractivity contribution >= 4 is 0 Å². The van der Waals surface area contributed by atoms with Crippen LogP contribution in [0.5, 0.6) is 0 Å². The number of rotatable bonds is 12. The fraction of sp³-hybridized carbons (Fsp3) is 0.905. The maximum Gasteiger partial charge on any atom is 0.0568 e. The Morgan fingerprint density at radius 3 is 1.82 bits per heavy atom. The molecular weight excluding hydrogens is 268 g/mol. The molecule has 0 heterocycles. The summed E-state index contributed by atoms with van der Waals surface area (Å²) in [6.45, 7) is 15.7. The van der Waals surface area contributed by atoms with Crippen LogP contribution in [-0.4, -0.2) is 11.2 Å². The lowest BCUT2D eigenvalue weighted by molar-refractivity contribution is 0.101. The number of aliphatic hydroxyl groups excluding tert-OH is 1. The molecular formula is C21H42O. The monoisotopic (exact) mass is 310 g/mol. The minimum atomic E-state index is -0.134. The molecule has 0 bridgehead atoms. The van der Waals surface area contributed by atoms with Gasteiger partial charge in [-0.25, -0.2) is 0 Å². The fourth-order valence-electron chi connectivity index (χ4n) is 2.90. The lowest BCUT2D eigenvalue weighted by Gasteiger charge is -2.20. The molecule has 0 amide bonds. The van der Waals surface area contributed by atoms with Crippen LogP contribution in [0.1, 0.15) is 99.8 Å². The van der Waals surface area contributed by atoms with Crippen LogP contribution in [0.25, 0.3) is 0 Å². The van der Waals surface area contributed by atoms with Crippen molar-refractivity contribution in [1.29, 1.82) is 0 Å². The highest BCUT2D eigenvalue weighted by atomic mass is 16.3. The Balaban J connectivity index is 3.79. The molecule has 0 spiro atoms. The van der Waals surface area contributed by atoms with Crippen LogP contribution < -0.4 is 0 Å². The molecule has 0 aliphatic carbocycles. The van der Waals surface area contributed by atoms with E-state index in [4.69, 9.17) is 0 Å². The zero-order valence-corrected chi connectivity index (χ0v) is 16.4. The SMILES string of the molecule is CC(C)=C(C)CCC(O)[C@H](C)CCC[C@H](C)CCCC(C)C. The van der Waals surface area contributed by atoms with Gasteiger partial charge in [-0.2, -0.15) is 0 Å². The van der Waals surface area contributed by atoms with Gasteiger partial charge in [0.05, 0.1) is 6.10 Å². The van der Waals surface area contributed by atoms with Gasteiger partial charge in [0.25, 0.3) is 0 Å². The van der Waals surface area contributed by atoms with Crippen molar-refractivity contribution in [2.75, 3.05) is 0 Å². The van der Waals surface area contributed by atoms with E-state index in [0.29, 0.717) is 5.92 Å². The maximum atomic E-state index is 10.3. The van der Waals surface area contributed by atoms with Gasteiger partial charge >= 0.3 is 0 Å². The van der Waals surface area contributed by atoms with Gasteiger partial charge < -0.3 is 5.11 Å². The number of allylic oxidation sites excluding steroid dienone is 2. The summed E-state index contributed by atoms with van der Waals surface area (Å²) in [4.78, 5) is 0. The number of hydrogen-bond acceptors (Lipinski definition) is 1. The summed E-state index contributed by atoms with van der Waals surface area (Å²) >= 11 is 0. The van der Waals surface area contributed by atoms with Gasteiger partial charge in [-0.3, -0.25) is 0 Å². The Labute approximate surface area is 140 Å². The van der Waals surface area contributed by atoms with Crippen LogP contribution in [0.2, 0.25) is 0 Å². The first kappa shape index (κ1) is 21.7. The van der Waals surface area contributed by atoms with Gasteiger partial charge in [0.15, 0.2) is 0 Å². The third-order valence-electron chi connectivity index (χ3n) is 5.16. The van der Waals surface area contributed by atoms with E-state index in [1.165, 1.54) is 49.7 Å². The maximum absolute atomic E-state index is 10.3. The topological polar surface area (TPSA) is 20.2 Å². The number of hydrogen-bond donors (Lipinski definition) is 1. The van der Waals surface area contributed by atoms with E-state index in [2.05, 4.69) is 48.5 Å². The molecule has 1 unspecified atom stereocenters. The Bertz CT molecular complexity index is 299. The molecule has 3 atom stereocenters. The van der Waals surface area contributed by atoms with E-state index < -0.39 is 0 Å². The van der Waals surface area contributed by atoms with E-state index in [1.54, 1.807) is 0 Å². The smallest absolute Gasteiger partial charge is 0.0568 e. The summed E-state index contributed by atoms with van der Waals surface area (Å²) in [7, 11) is 0. The summed E-state index contributed by atoms with van der Waals surface area (Å²) in [6, 6.07) is 0. The van der Waals surface area contributed by atoms with Crippen molar-refractivity contribution < 1.29 is 5.11 Å². The molecule has 0 radical (unpaired) electrons. The molecule has 0 aromatic heterocycles. The van der Waals surface area contributed by atoms with Gasteiger partial charge in [0.1, 0.15) is 0 Å². The van der Waals surface area contributed by atoms with Gasteiger partial charge in [-0.05, 0) is 57.8 Å². The van der Waals surface area contributed by atoms with Crippen LogP contribution in [0.15, 0.2) is 11.1 Å². The first-order valence-corrected chi connectivity index (χ1v) is 9.55. The lowest BCUT2D eigenvalue weighted by Crippen LogP contribution is -2.18. The van der Waals surface area contributed by atoms with Gasteiger partial charge in [-0.1, -0.05) is 70.9 Å². The molecule has 0 saturated heterocycles. The van der Waals surface area contributed by atoms with E-state index >= 15 is 0 Å². The van der Waals surface area contributed by atoms with Gasteiger partial charge in [-0.15, -0.1) is 0 Å². The summed E-state index contributed by atoms with van der Waals surface area (Å²) in [5.74, 6) is 2.12. The Hall–Kier alpha value is -0.300. The Morgan fingerprint density at radius 1 is 0.773 bits per heavy atom. The van der Waals surface area contributed by atoms with Crippen molar-refractivity contribution in [3.05, 3.63) is 11.1 Å². The van der Waals surface area contributed by atoms with Crippen LogP contribution in [0.4, 0.5) is 0 Å². The summed E-state index contributed by atoms with van der Waals surface area (Å²) in [5, 5.41) is 10.3. The molecule has 0 aromatic carbocycles. The van der Waals surface area contributed by atoms with Crippen molar-refractivity contribution in [2.24, 2.45) is 17.8 Å². The number of aliphatic hydroxyl groups is 1. The highest BCUT2D eigenvalue weighted by molar-refractivity contribution is 5.06. The molecule has 22 heavy (non-hydrogen) atoms. The average Bonchev–Trinajstić information content (AvgIpc) is 2.43. The van der Waals surface area contributed by atoms with Crippen LogP contribution in [0.3, 0.4) is 0 Å². The van der Waals surface area contributed by atoms with Gasteiger partial charge in [0.2, 0.25) is 0 Å². The first-order valence-electron chi connectivity index (χ1n) is 9.55. The van der Waals surface area contributed by atoms with E-state index in [0.717, 1.165) is 24.7 Å². The van der Waals surface area contributed by atoms with Crippen LogP contribution >= 0.6 is 0 Å². The summed E-state index contributed by atoms with van der Waals surface area (Å²) < 4.78 is 0. The second kappa shape index (κ2) is 12.2. The predicted octanol–water partition coefficient (Wildman–Crippen LogP) is 6.75. The molecule has 0 fully saturated rings. The predicted molar refractivity (Wildman–Crippen MR) is 100 cm³/mol. The van der Waals surface area contributed by atoms with E-state index in [-0.39, 0.29) is 6.10 Å². The molecule has 0 saturated carbocycles. The Kier molecular flexibility index (Phi) is 12.0. The van der Waals surface area contributed by atoms with E-state index in [1.807, 2.05) is 0 Å². The highest BCUT2D eigenvalue weighted by Gasteiger charge is 2.14. The molecule has 0 aromatic rings. The third-order valence-corrected chi connectivity index (χ3v) is 5.16. The standard InChI is InChI=1S/C21H42O/c1-16(2)10-8-11-18(5)12-9-13-20(7)21(22)15-14-19(6)17(3)4/h16,18,20-22H,8-15H2,1-7H3/t18-,20-,21?/m1/s1. The molecule has 1 nitrogen and oxygen atoms in total. The molecule has 1 N–H and O–H groups in total. The zero-order valence-electron chi connectivity index (χ0n) is 16.4. The molecule has 0 rings (SSSR count). The third kappa shape index (κ3) is 11.3. The minimum Gasteiger partial charge on any atom is -0.393 e. The highest BCUT2D eigenvalue weighted by Crippen LogP contribution is 2.22. The second-order valence-corrected chi connectivity index (χ2v) is 8.22. The first-order chi connectivity index (χ1) is 10.2. The summed E-state index contributed by atoms with van der Waals surface area (Å²) in [6.07, 6.45) is 9.69. The fourth-order valence-corrected chi connectivity index (χ4v) is 2.90. The lowest BCUT2D eigenvalue weighted by atomic mass is 9.90.